The molecule has 0 aliphatic heterocycles. The molecule has 5 nitrogen and oxygen atoms in total. The van der Waals surface area contributed by atoms with Crippen molar-refractivity contribution in [3.8, 4) is 0 Å². The van der Waals surface area contributed by atoms with E-state index in [9.17, 15) is 4.79 Å². The molecule has 0 atom stereocenters. The lowest BCUT2D eigenvalue weighted by Gasteiger charge is -2.06. The first-order valence-electron chi connectivity index (χ1n) is 6.40. The second kappa shape index (κ2) is 5.75. The van der Waals surface area contributed by atoms with E-state index < -0.39 is 0 Å². The molecule has 19 heavy (non-hydrogen) atoms. The Hall–Kier alpha value is -1.34. The van der Waals surface area contributed by atoms with Crippen LogP contribution >= 0.6 is 23.1 Å². The van der Waals surface area contributed by atoms with Gasteiger partial charge in [-0.3, -0.25) is 10.1 Å². The van der Waals surface area contributed by atoms with Gasteiger partial charge in [0.1, 0.15) is 0 Å². The third kappa shape index (κ3) is 2.98. The predicted octanol–water partition coefficient (Wildman–Crippen LogP) is 2.91. The fraction of sp³-hybridized carbons (Fsp3) is 0.500. The molecule has 0 spiro atoms. The van der Waals surface area contributed by atoms with Crippen molar-refractivity contribution in [1.29, 1.82) is 0 Å². The van der Waals surface area contributed by atoms with Crippen LogP contribution in [0.4, 0.5) is 5.13 Å². The largest absolute Gasteiger partial charge is 0.296 e. The molecule has 100 valence electrons. The number of amides is 1. The fourth-order valence-corrected chi connectivity index (χ4v) is 3.64. The number of thiazole rings is 1. The smallest absolute Gasteiger partial charge is 0.278 e. The van der Waals surface area contributed by atoms with Crippen molar-refractivity contribution < 1.29 is 4.79 Å². The molecule has 1 N–H and O–H groups in total. The van der Waals surface area contributed by atoms with Crippen molar-refractivity contribution in [2.45, 2.75) is 38.5 Å². The molecule has 0 saturated heterocycles. The number of nitrogens with zero attached hydrogens (tertiary/aromatic N) is 3. The van der Waals surface area contributed by atoms with Crippen LogP contribution in [-0.4, -0.2) is 19.6 Å². The summed E-state index contributed by atoms with van der Waals surface area (Å²) < 4.78 is 7.75. The molecule has 0 radical (unpaired) electrons. The van der Waals surface area contributed by atoms with E-state index >= 15 is 0 Å². The van der Waals surface area contributed by atoms with E-state index in [2.05, 4.69) is 19.0 Å². The molecule has 1 aliphatic carbocycles. The van der Waals surface area contributed by atoms with Gasteiger partial charge in [0, 0.05) is 4.88 Å². The minimum Gasteiger partial charge on any atom is -0.296 e. The number of hydrogen-bond acceptors (Lipinski definition) is 6. The number of hydrogen-bond donors (Lipinski definition) is 1. The van der Waals surface area contributed by atoms with Crippen LogP contribution in [0.1, 0.15) is 46.7 Å². The van der Waals surface area contributed by atoms with Crippen molar-refractivity contribution in [3.63, 3.8) is 0 Å². The van der Waals surface area contributed by atoms with Crippen molar-refractivity contribution >= 4 is 34.1 Å². The van der Waals surface area contributed by atoms with Crippen LogP contribution in [0.25, 0.3) is 0 Å². The average molecular weight is 294 g/mol. The molecule has 0 aromatic carbocycles. The Morgan fingerprint density at radius 1 is 1.21 bits per heavy atom. The quantitative estimate of drug-likeness (QED) is 0.924. The lowest BCUT2D eigenvalue weighted by atomic mass is 10.0. The highest BCUT2D eigenvalue weighted by Crippen LogP contribution is 2.28. The number of carbonyl (C=O) groups is 1. The Labute approximate surface area is 119 Å². The average Bonchev–Trinajstić information content (AvgIpc) is 3.00. The van der Waals surface area contributed by atoms with Gasteiger partial charge < -0.3 is 0 Å². The summed E-state index contributed by atoms with van der Waals surface area (Å²) in [6.07, 6.45) is 8.58. The molecular formula is C12H14N4OS2. The third-order valence-corrected chi connectivity index (χ3v) is 4.71. The van der Waals surface area contributed by atoms with Crippen LogP contribution in [0.15, 0.2) is 6.20 Å². The predicted molar refractivity (Wildman–Crippen MR) is 75.9 cm³/mol. The van der Waals surface area contributed by atoms with Gasteiger partial charge in [0.05, 0.1) is 23.6 Å². The number of carbonyl (C=O) groups excluding carboxylic acids is 1. The fourth-order valence-electron chi connectivity index (χ4n) is 2.18. The molecule has 2 aromatic heterocycles. The summed E-state index contributed by atoms with van der Waals surface area (Å²) in [4.78, 5) is 17.8. The zero-order valence-electron chi connectivity index (χ0n) is 10.4. The van der Waals surface area contributed by atoms with E-state index in [1.807, 2.05) is 0 Å². The maximum absolute atomic E-state index is 11.9. The number of rotatable bonds is 2. The monoisotopic (exact) mass is 294 g/mol. The van der Waals surface area contributed by atoms with E-state index in [1.54, 1.807) is 11.3 Å². The Morgan fingerprint density at radius 2 is 2.05 bits per heavy atom. The Bertz CT molecular complexity index is 539. The molecule has 1 aliphatic rings. The zero-order valence-corrected chi connectivity index (χ0v) is 12.0. The van der Waals surface area contributed by atoms with Crippen LogP contribution in [0, 0.1) is 0 Å². The van der Waals surface area contributed by atoms with E-state index in [1.165, 1.54) is 36.8 Å². The van der Waals surface area contributed by atoms with Gasteiger partial charge >= 0.3 is 0 Å². The molecule has 0 bridgehead atoms. The number of aromatic nitrogens is 3. The maximum Gasteiger partial charge on any atom is 0.278 e. The Balaban J connectivity index is 1.75. The molecular weight excluding hydrogens is 280 g/mol. The molecule has 3 rings (SSSR count). The molecule has 0 saturated carbocycles. The minimum atomic E-state index is -0.226. The molecule has 0 unspecified atom stereocenters. The van der Waals surface area contributed by atoms with Crippen LogP contribution < -0.4 is 5.32 Å². The van der Waals surface area contributed by atoms with Gasteiger partial charge in [-0.25, -0.2) is 4.98 Å². The summed E-state index contributed by atoms with van der Waals surface area (Å²) in [5.41, 5.74) is 1.52. The van der Waals surface area contributed by atoms with E-state index in [0.717, 1.165) is 30.3 Å². The Kier molecular flexibility index (Phi) is 3.84. The second-order valence-corrected chi connectivity index (χ2v) is 6.19. The number of aryl methyl sites for hydroxylation is 2. The van der Waals surface area contributed by atoms with Crippen LogP contribution in [0.3, 0.4) is 0 Å². The molecule has 2 heterocycles. The van der Waals surface area contributed by atoms with Crippen LogP contribution in [0.5, 0.6) is 0 Å². The standard InChI is InChI=1S/C12H14N4OS2/c17-11(9-7-13-19-16-9)15-12-14-8-5-3-1-2-4-6-10(8)18-12/h7H,1-6H2,(H,14,15,17). The number of nitrogens with one attached hydrogen (secondary N) is 1. The second-order valence-electron chi connectivity index (χ2n) is 4.55. The molecule has 1 amide bonds. The summed E-state index contributed by atoms with van der Waals surface area (Å²) >= 11 is 2.63. The summed E-state index contributed by atoms with van der Waals surface area (Å²) in [6.45, 7) is 0. The number of fused-ring (bicyclic) bond motifs is 1. The van der Waals surface area contributed by atoms with Crippen molar-refractivity contribution in [1.82, 2.24) is 13.7 Å². The number of anilines is 1. The van der Waals surface area contributed by atoms with E-state index in [4.69, 9.17) is 0 Å². The lowest BCUT2D eigenvalue weighted by Crippen LogP contribution is -2.11. The van der Waals surface area contributed by atoms with Crippen LogP contribution in [-0.2, 0) is 12.8 Å². The van der Waals surface area contributed by atoms with Crippen LogP contribution in [0.2, 0.25) is 0 Å². The molecule has 2 aromatic rings. The van der Waals surface area contributed by atoms with Crippen molar-refractivity contribution in [3.05, 3.63) is 22.5 Å². The highest BCUT2D eigenvalue weighted by atomic mass is 32.1. The normalized spacial score (nSPS) is 15.4. The lowest BCUT2D eigenvalue weighted by molar-refractivity contribution is 0.102. The molecule has 0 fully saturated rings. The zero-order chi connectivity index (χ0) is 13.1. The van der Waals surface area contributed by atoms with E-state index in [0.29, 0.717) is 10.8 Å². The third-order valence-electron chi connectivity index (χ3n) is 3.16. The SMILES string of the molecule is O=C(Nc1nc2c(s1)CCCCCC2)c1cnsn1. The van der Waals surface area contributed by atoms with Gasteiger partial charge in [-0.15, -0.1) is 11.3 Å². The van der Waals surface area contributed by atoms with Gasteiger partial charge in [-0.2, -0.15) is 8.75 Å². The first-order valence-corrected chi connectivity index (χ1v) is 7.95. The molecule has 7 heteroatoms. The minimum absolute atomic E-state index is 0.226. The summed E-state index contributed by atoms with van der Waals surface area (Å²) in [6, 6.07) is 0. The summed E-state index contributed by atoms with van der Waals surface area (Å²) in [5.74, 6) is -0.226. The highest BCUT2D eigenvalue weighted by Gasteiger charge is 2.16. The van der Waals surface area contributed by atoms with Crippen molar-refractivity contribution in [2.24, 2.45) is 0 Å². The topological polar surface area (TPSA) is 67.8 Å². The van der Waals surface area contributed by atoms with Gasteiger partial charge in [0.2, 0.25) is 0 Å². The highest BCUT2D eigenvalue weighted by molar-refractivity contribution is 7.15. The van der Waals surface area contributed by atoms with Gasteiger partial charge in [0.15, 0.2) is 10.8 Å². The first-order chi connectivity index (χ1) is 9.33. The van der Waals surface area contributed by atoms with Gasteiger partial charge in [-0.1, -0.05) is 12.8 Å². The maximum atomic E-state index is 11.9. The Morgan fingerprint density at radius 3 is 2.84 bits per heavy atom. The summed E-state index contributed by atoms with van der Waals surface area (Å²) in [7, 11) is 0. The van der Waals surface area contributed by atoms with Crippen molar-refractivity contribution in [2.75, 3.05) is 5.32 Å². The van der Waals surface area contributed by atoms with Gasteiger partial charge in [0.25, 0.3) is 5.91 Å². The first kappa shape index (κ1) is 12.7. The summed E-state index contributed by atoms with van der Waals surface area (Å²) in [5, 5.41) is 3.50. The van der Waals surface area contributed by atoms with Gasteiger partial charge in [-0.05, 0) is 25.7 Å². The van der Waals surface area contributed by atoms with E-state index in [-0.39, 0.29) is 5.91 Å².